The van der Waals surface area contributed by atoms with Gasteiger partial charge in [0, 0.05) is 31.9 Å². The van der Waals surface area contributed by atoms with E-state index in [1.807, 2.05) is 50.3 Å². The maximum Gasteiger partial charge on any atom is 0.237 e. The Morgan fingerprint density at radius 3 is 2.67 bits per heavy atom. The van der Waals surface area contributed by atoms with Gasteiger partial charge in [0.1, 0.15) is 0 Å². The van der Waals surface area contributed by atoms with Crippen molar-refractivity contribution in [2.45, 2.75) is 26.1 Å². The van der Waals surface area contributed by atoms with E-state index >= 15 is 0 Å². The largest absolute Gasteiger partial charge is 0.351 e. The molecule has 0 unspecified atom stereocenters. The fourth-order valence-electron chi connectivity index (χ4n) is 2.11. The van der Waals surface area contributed by atoms with Crippen molar-refractivity contribution in [3.05, 3.63) is 53.9 Å². The van der Waals surface area contributed by atoms with Crippen molar-refractivity contribution in [2.24, 2.45) is 7.05 Å². The van der Waals surface area contributed by atoms with Crippen LogP contribution < -0.4 is 5.32 Å². The molecule has 1 amide bonds. The Labute approximate surface area is 125 Å². The molecule has 0 aliphatic heterocycles. The summed E-state index contributed by atoms with van der Waals surface area (Å²) in [7, 11) is 3.82. The number of nitrogens with one attached hydrogen (secondary N) is 1. The van der Waals surface area contributed by atoms with Crippen LogP contribution in [0.4, 0.5) is 0 Å². The highest BCUT2D eigenvalue weighted by atomic mass is 16.2. The van der Waals surface area contributed by atoms with Gasteiger partial charge in [0.15, 0.2) is 0 Å². The number of amides is 1. The predicted molar refractivity (Wildman–Crippen MR) is 82.4 cm³/mol. The second-order valence-corrected chi connectivity index (χ2v) is 5.32. The lowest BCUT2D eigenvalue weighted by Crippen LogP contribution is -2.42. The van der Waals surface area contributed by atoms with Crippen molar-refractivity contribution < 1.29 is 4.79 Å². The lowest BCUT2D eigenvalue weighted by atomic mass is 10.2. The third-order valence-corrected chi connectivity index (χ3v) is 3.54. The molecule has 112 valence electrons. The first-order chi connectivity index (χ1) is 10.1. The van der Waals surface area contributed by atoms with Crippen molar-refractivity contribution in [3.63, 3.8) is 0 Å². The van der Waals surface area contributed by atoms with Gasteiger partial charge in [-0.1, -0.05) is 30.3 Å². The van der Waals surface area contributed by atoms with Gasteiger partial charge in [-0.25, -0.2) is 0 Å². The topological polar surface area (TPSA) is 50.2 Å². The van der Waals surface area contributed by atoms with Crippen LogP contribution in [-0.2, 0) is 24.9 Å². The fraction of sp³-hybridized carbons (Fsp3) is 0.375. The molecule has 21 heavy (non-hydrogen) atoms. The monoisotopic (exact) mass is 286 g/mol. The first-order valence-corrected chi connectivity index (χ1v) is 7.05. The molecule has 2 aromatic rings. The van der Waals surface area contributed by atoms with Gasteiger partial charge >= 0.3 is 0 Å². The van der Waals surface area contributed by atoms with E-state index in [9.17, 15) is 4.79 Å². The average molecular weight is 286 g/mol. The third-order valence-electron chi connectivity index (χ3n) is 3.54. The lowest BCUT2D eigenvalue weighted by Gasteiger charge is -2.23. The van der Waals surface area contributed by atoms with Crippen LogP contribution in [0.15, 0.2) is 42.7 Å². The number of likely N-dealkylation sites (N-methyl/N-ethyl adjacent to an activating group) is 1. The number of benzene rings is 1. The molecule has 1 aromatic heterocycles. The van der Waals surface area contributed by atoms with Crippen molar-refractivity contribution in [1.82, 2.24) is 20.0 Å². The second kappa shape index (κ2) is 7.04. The number of hydrogen-bond donors (Lipinski definition) is 1. The summed E-state index contributed by atoms with van der Waals surface area (Å²) in [5, 5.41) is 7.03. The lowest BCUT2D eigenvalue weighted by molar-refractivity contribution is -0.125. The zero-order valence-electron chi connectivity index (χ0n) is 12.8. The van der Waals surface area contributed by atoms with Crippen molar-refractivity contribution in [3.8, 4) is 0 Å². The molecule has 5 heteroatoms. The summed E-state index contributed by atoms with van der Waals surface area (Å²) in [5.41, 5.74) is 2.20. The van der Waals surface area contributed by atoms with E-state index < -0.39 is 0 Å². The summed E-state index contributed by atoms with van der Waals surface area (Å²) >= 11 is 0. The van der Waals surface area contributed by atoms with Crippen LogP contribution in [0.1, 0.15) is 18.1 Å². The van der Waals surface area contributed by atoms with Crippen LogP contribution in [-0.4, -0.2) is 33.7 Å². The minimum absolute atomic E-state index is 0.0253. The molecule has 0 radical (unpaired) electrons. The normalized spacial score (nSPS) is 12.4. The summed E-state index contributed by atoms with van der Waals surface area (Å²) < 4.78 is 1.73. The molecule has 0 saturated carbocycles. The second-order valence-electron chi connectivity index (χ2n) is 5.32. The number of aryl methyl sites for hydroxylation is 1. The van der Waals surface area contributed by atoms with Gasteiger partial charge in [0.25, 0.3) is 0 Å². The standard InChI is InChI=1S/C16H22N4O/c1-13(19(2)11-14-7-5-4-6-8-14)16(21)17-9-15-10-18-20(3)12-15/h4-8,10,12-13H,9,11H2,1-3H3,(H,17,21)/t13-/m0/s1. The maximum absolute atomic E-state index is 12.2. The quantitative estimate of drug-likeness (QED) is 0.876. The van der Waals surface area contributed by atoms with Crippen LogP contribution in [0, 0.1) is 0 Å². The molecule has 5 nitrogen and oxygen atoms in total. The Morgan fingerprint density at radius 2 is 2.05 bits per heavy atom. The van der Waals surface area contributed by atoms with Crippen LogP contribution in [0.25, 0.3) is 0 Å². The average Bonchev–Trinajstić information content (AvgIpc) is 2.90. The Kier molecular flexibility index (Phi) is 5.11. The van der Waals surface area contributed by atoms with Crippen LogP contribution in [0.3, 0.4) is 0 Å². The SMILES string of the molecule is C[C@@H](C(=O)NCc1cnn(C)c1)N(C)Cc1ccccc1. The van der Waals surface area contributed by atoms with E-state index in [4.69, 9.17) is 0 Å². The molecule has 0 spiro atoms. The Bertz CT molecular complexity index is 579. The van der Waals surface area contributed by atoms with E-state index in [2.05, 4.69) is 22.5 Å². The first kappa shape index (κ1) is 15.3. The summed E-state index contributed by atoms with van der Waals surface area (Å²) in [6, 6.07) is 9.97. The molecule has 2 rings (SSSR count). The zero-order valence-corrected chi connectivity index (χ0v) is 12.8. The number of carbonyl (C=O) groups excluding carboxylic acids is 1. The number of carbonyl (C=O) groups is 1. The van der Waals surface area contributed by atoms with Gasteiger partial charge in [0.05, 0.1) is 12.2 Å². The molecule has 1 aromatic carbocycles. The summed E-state index contributed by atoms with van der Waals surface area (Å²) in [5.74, 6) is 0.0253. The highest BCUT2D eigenvalue weighted by Crippen LogP contribution is 2.06. The van der Waals surface area contributed by atoms with Crippen molar-refractivity contribution in [1.29, 1.82) is 0 Å². The van der Waals surface area contributed by atoms with E-state index in [1.165, 1.54) is 5.56 Å². The van der Waals surface area contributed by atoms with E-state index in [0.29, 0.717) is 6.54 Å². The van der Waals surface area contributed by atoms with Crippen LogP contribution >= 0.6 is 0 Å². The highest BCUT2D eigenvalue weighted by molar-refractivity contribution is 5.81. The molecule has 0 aliphatic carbocycles. The van der Waals surface area contributed by atoms with Gasteiger partial charge in [0.2, 0.25) is 5.91 Å². The van der Waals surface area contributed by atoms with Crippen molar-refractivity contribution >= 4 is 5.91 Å². The van der Waals surface area contributed by atoms with Gasteiger partial charge in [-0.15, -0.1) is 0 Å². The summed E-state index contributed by atoms with van der Waals surface area (Å²) in [6.45, 7) is 3.18. The molecule has 0 fully saturated rings. The van der Waals surface area contributed by atoms with Gasteiger partial charge in [-0.3, -0.25) is 14.4 Å². The van der Waals surface area contributed by atoms with E-state index in [0.717, 1.165) is 12.1 Å². The van der Waals surface area contributed by atoms with Crippen LogP contribution in [0.5, 0.6) is 0 Å². The van der Waals surface area contributed by atoms with Crippen molar-refractivity contribution in [2.75, 3.05) is 7.05 Å². The Balaban J connectivity index is 1.83. The van der Waals surface area contributed by atoms with Gasteiger partial charge < -0.3 is 5.32 Å². The molecule has 1 atom stereocenters. The highest BCUT2D eigenvalue weighted by Gasteiger charge is 2.17. The number of nitrogens with zero attached hydrogens (tertiary/aromatic N) is 3. The van der Waals surface area contributed by atoms with Crippen LogP contribution in [0.2, 0.25) is 0 Å². The molecule has 1 heterocycles. The molecule has 0 aliphatic rings. The van der Waals surface area contributed by atoms with Gasteiger partial charge in [-0.05, 0) is 19.5 Å². The Hall–Kier alpha value is -2.14. The minimum Gasteiger partial charge on any atom is -0.351 e. The molecule has 0 saturated heterocycles. The molecular formula is C16H22N4O. The zero-order chi connectivity index (χ0) is 15.2. The number of hydrogen-bond acceptors (Lipinski definition) is 3. The third kappa shape index (κ3) is 4.43. The minimum atomic E-state index is -0.179. The van der Waals surface area contributed by atoms with E-state index in [1.54, 1.807) is 10.9 Å². The first-order valence-electron chi connectivity index (χ1n) is 7.05. The molecule has 0 bridgehead atoms. The molecule has 1 N–H and O–H groups in total. The fourth-order valence-corrected chi connectivity index (χ4v) is 2.11. The van der Waals surface area contributed by atoms with Gasteiger partial charge in [-0.2, -0.15) is 5.10 Å². The Morgan fingerprint density at radius 1 is 1.33 bits per heavy atom. The number of aromatic nitrogens is 2. The number of rotatable bonds is 6. The summed E-state index contributed by atoms with van der Waals surface area (Å²) in [4.78, 5) is 14.2. The van der Waals surface area contributed by atoms with E-state index in [-0.39, 0.29) is 11.9 Å². The molecular weight excluding hydrogens is 264 g/mol. The maximum atomic E-state index is 12.2. The smallest absolute Gasteiger partial charge is 0.237 e. The summed E-state index contributed by atoms with van der Waals surface area (Å²) in [6.07, 6.45) is 3.66. The predicted octanol–water partition coefficient (Wildman–Crippen LogP) is 1.56.